The standard InChI is InChI=1S/C13H18FNOS/c1-3-5-9(2)8-16-11-7-4-6-10(14)12(11)13(15)17/h4,6-7,9H,3,5,8H2,1-2H3,(H2,15,17). The summed E-state index contributed by atoms with van der Waals surface area (Å²) in [7, 11) is 0. The summed E-state index contributed by atoms with van der Waals surface area (Å²) in [6, 6.07) is 4.62. The first-order valence-corrected chi connectivity index (χ1v) is 6.18. The van der Waals surface area contributed by atoms with Gasteiger partial charge in [0.1, 0.15) is 16.6 Å². The van der Waals surface area contributed by atoms with Gasteiger partial charge in [0.2, 0.25) is 0 Å². The molecular formula is C13H18FNOS. The Labute approximate surface area is 107 Å². The van der Waals surface area contributed by atoms with E-state index in [2.05, 4.69) is 13.8 Å². The van der Waals surface area contributed by atoms with E-state index in [1.54, 1.807) is 12.1 Å². The molecule has 4 heteroatoms. The summed E-state index contributed by atoms with van der Waals surface area (Å²) in [5, 5.41) is 0. The number of nitrogens with two attached hydrogens (primary N) is 1. The molecule has 1 atom stereocenters. The molecule has 1 aromatic carbocycles. The summed E-state index contributed by atoms with van der Waals surface area (Å²) >= 11 is 4.83. The van der Waals surface area contributed by atoms with Gasteiger partial charge in [0, 0.05) is 0 Å². The van der Waals surface area contributed by atoms with Crippen LogP contribution in [0.15, 0.2) is 18.2 Å². The van der Waals surface area contributed by atoms with Crippen molar-refractivity contribution in [3.63, 3.8) is 0 Å². The van der Waals surface area contributed by atoms with Crippen LogP contribution < -0.4 is 10.5 Å². The van der Waals surface area contributed by atoms with Crippen LogP contribution in [0.5, 0.6) is 5.75 Å². The number of hydrogen-bond donors (Lipinski definition) is 1. The van der Waals surface area contributed by atoms with E-state index in [1.807, 2.05) is 0 Å². The number of rotatable bonds is 6. The third-order valence-electron chi connectivity index (χ3n) is 2.53. The van der Waals surface area contributed by atoms with Crippen molar-refractivity contribution in [1.29, 1.82) is 0 Å². The summed E-state index contributed by atoms with van der Waals surface area (Å²) in [6.45, 7) is 4.77. The number of halogens is 1. The fourth-order valence-corrected chi connectivity index (χ4v) is 1.87. The monoisotopic (exact) mass is 255 g/mol. The second kappa shape index (κ2) is 6.55. The molecule has 0 saturated carbocycles. The highest BCUT2D eigenvalue weighted by Crippen LogP contribution is 2.22. The van der Waals surface area contributed by atoms with E-state index in [4.69, 9.17) is 22.7 Å². The Bertz CT molecular complexity index is 395. The highest BCUT2D eigenvalue weighted by Gasteiger charge is 2.13. The normalized spacial score (nSPS) is 12.2. The van der Waals surface area contributed by atoms with Crippen LogP contribution in [0.3, 0.4) is 0 Å². The van der Waals surface area contributed by atoms with Crippen LogP contribution in [0, 0.1) is 11.7 Å². The molecule has 1 rings (SSSR count). The van der Waals surface area contributed by atoms with Crippen molar-refractivity contribution in [2.45, 2.75) is 26.7 Å². The third-order valence-corrected chi connectivity index (χ3v) is 2.73. The van der Waals surface area contributed by atoms with Gasteiger partial charge >= 0.3 is 0 Å². The van der Waals surface area contributed by atoms with Gasteiger partial charge in [-0.3, -0.25) is 0 Å². The average molecular weight is 255 g/mol. The van der Waals surface area contributed by atoms with E-state index in [-0.39, 0.29) is 10.6 Å². The molecule has 0 aliphatic carbocycles. The van der Waals surface area contributed by atoms with E-state index < -0.39 is 5.82 Å². The van der Waals surface area contributed by atoms with E-state index >= 15 is 0 Å². The molecule has 0 aliphatic rings. The lowest BCUT2D eigenvalue weighted by Gasteiger charge is -2.14. The van der Waals surface area contributed by atoms with E-state index in [0.29, 0.717) is 18.3 Å². The van der Waals surface area contributed by atoms with E-state index in [9.17, 15) is 4.39 Å². The van der Waals surface area contributed by atoms with Crippen molar-refractivity contribution in [2.75, 3.05) is 6.61 Å². The first kappa shape index (κ1) is 13.9. The average Bonchev–Trinajstić information content (AvgIpc) is 2.26. The maximum Gasteiger partial charge on any atom is 0.137 e. The highest BCUT2D eigenvalue weighted by molar-refractivity contribution is 7.80. The maximum absolute atomic E-state index is 13.5. The largest absolute Gasteiger partial charge is 0.492 e. The van der Waals surface area contributed by atoms with Crippen molar-refractivity contribution in [1.82, 2.24) is 0 Å². The predicted octanol–water partition coefficient (Wildman–Crippen LogP) is 3.27. The van der Waals surface area contributed by atoms with Crippen LogP contribution in [-0.2, 0) is 0 Å². The summed E-state index contributed by atoms with van der Waals surface area (Å²) < 4.78 is 19.1. The Balaban J connectivity index is 2.77. The first-order chi connectivity index (χ1) is 8.06. The summed E-state index contributed by atoms with van der Waals surface area (Å²) in [6.07, 6.45) is 2.19. The van der Waals surface area contributed by atoms with Gasteiger partial charge in [-0.25, -0.2) is 4.39 Å². The number of ether oxygens (including phenoxy) is 1. The summed E-state index contributed by atoms with van der Waals surface area (Å²) in [5.41, 5.74) is 5.69. The van der Waals surface area contributed by atoms with Gasteiger partial charge in [-0.1, -0.05) is 38.6 Å². The summed E-state index contributed by atoms with van der Waals surface area (Å²) in [4.78, 5) is 0.0289. The van der Waals surface area contributed by atoms with Crippen molar-refractivity contribution in [3.05, 3.63) is 29.6 Å². The zero-order valence-corrected chi connectivity index (χ0v) is 11.0. The minimum atomic E-state index is -0.432. The van der Waals surface area contributed by atoms with Crippen molar-refractivity contribution in [3.8, 4) is 5.75 Å². The summed E-state index contributed by atoms with van der Waals surface area (Å²) in [5.74, 6) is 0.432. The Morgan fingerprint density at radius 2 is 2.24 bits per heavy atom. The molecule has 0 aromatic heterocycles. The zero-order chi connectivity index (χ0) is 12.8. The van der Waals surface area contributed by atoms with Crippen LogP contribution >= 0.6 is 12.2 Å². The third kappa shape index (κ3) is 3.97. The molecule has 2 nitrogen and oxygen atoms in total. The minimum Gasteiger partial charge on any atom is -0.492 e. The fourth-order valence-electron chi connectivity index (χ4n) is 1.67. The lowest BCUT2D eigenvalue weighted by molar-refractivity contribution is 0.250. The zero-order valence-electron chi connectivity index (χ0n) is 10.2. The van der Waals surface area contributed by atoms with Gasteiger partial charge < -0.3 is 10.5 Å². The minimum absolute atomic E-state index is 0.0289. The molecule has 0 heterocycles. The van der Waals surface area contributed by atoms with Crippen LogP contribution in [0.1, 0.15) is 32.3 Å². The van der Waals surface area contributed by atoms with Crippen LogP contribution in [0.4, 0.5) is 4.39 Å². The van der Waals surface area contributed by atoms with Crippen LogP contribution in [0.2, 0.25) is 0 Å². The first-order valence-electron chi connectivity index (χ1n) is 5.77. The number of hydrogen-bond acceptors (Lipinski definition) is 2. The fraction of sp³-hybridized carbons (Fsp3) is 0.462. The Kier molecular flexibility index (Phi) is 5.35. The SMILES string of the molecule is CCCC(C)COc1cccc(F)c1C(N)=S. The second-order valence-corrected chi connectivity index (χ2v) is 4.62. The molecule has 0 spiro atoms. The molecule has 1 aromatic rings. The van der Waals surface area contributed by atoms with Gasteiger partial charge in [0.25, 0.3) is 0 Å². The van der Waals surface area contributed by atoms with Crippen LogP contribution in [-0.4, -0.2) is 11.6 Å². The van der Waals surface area contributed by atoms with Gasteiger partial charge in [-0.2, -0.15) is 0 Å². The number of thiocarbonyl (C=S) groups is 1. The van der Waals surface area contributed by atoms with Crippen molar-refractivity contribution in [2.24, 2.45) is 11.7 Å². The Hall–Kier alpha value is -1.16. The van der Waals surface area contributed by atoms with Crippen molar-refractivity contribution >= 4 is 17.2 Å². The number of benzene rings is 1. The molecule has 0 saturated heterocycles. The molecule has 2 N–H and O–H groups in total. The van der Waals surface area contributed by atoms with E-state index in [0.717, 1.165) is 12.8 Å². The molecule has 94 valence electrons. The molecule has 0 amide bonds. The Morgan fingerprint density at radius 3 is 2.82 bits per heavy atom. The quantitative estimate of drug-likeness (QED) is 0.792. The van der Waals surface area contributed by atoms with Crippen molar-refractivity contribution < 1.29 is 9.13 Å². The highest BCUT2D eigenvalue weighted by atomic mass is 32.1. The molecule has 0 fully saturated rings. The molecule has 1 unspecified atom stereocenters. The van der Waals surface area contributed by atoms with Gasteiger partial charge in [0.05, 0.1) is 12.2 Å². The maximum atomic E-state index is 13.5. The van der Waals surface area contributed by atoms with Crippen LogP contribution in [0.25, 0.3) is 0 Å². The van der Waals surface area contributed by atoms with Gasteiger partial charge in [-0.15, -0.1) is 0 Å². The molecule has 0 bridgehead atoms. The van der Waals surface area contributed by atoms with Gasteiger partial charge in [-0.05, 0) is 24.5 Å². The smallest absolute Gasteiger partial charge is 0.137 e. The molecule has 0 radical (unpaired) electrons. The topological polar surface area (TPSA) is 35.2 Å². The lowest BCUT2D eigenvalue weighted by atomic mass is 10.1. The van der Waals surface area contributed by atoms with Gasteiger partial charge in [0.15, 0.2) is 0 Å². The van der Waals surface area contributed by atoms with E-state index in [1.165, 1.54) is 6.07 Å². The molecule has 0 aliphatic heterocycles. The molecule has 17 heavy (non-hydrogen) atoms. The second-order valence-electron chi connectivity index (χ2n) is 4.18. The Morgan fingerprint density at radius 1 is 1.53 bits per heavy atom. The predicted molar refractivity (Wildman–Crippen MR) is 71.9 cm³/mol. The molecular weight excluding hydrogens is 237 g/mol. The lowest BCUT2D eigenvalue weighted by Crippen LogP contribution is -2.16.